The number of amides is 2. The van der Waals surface area contributed by atoms with E-state index in [1.165, 1.54) is 0 Å². The quantitative estimate of drug-likeness (QED) is 0.588. The summed E-state index contributed by atoms with van der Waals surface area (Å²) in [5, 5.41) is 2.93. The Morgan fingerprint density at radius 2 is 1.70 bits per heavy atom. The number of hydrogen-bond donors (Lipinski definition) is 1. The molecule has 2 amide bonds. The summed E-state index contributed by atoms with van der Waals surface area (Å²) < 4.78 is 0. The van der Waals surface area contributed by atoms with Crippen LogP contribution in [-0.2, 0) is 17.8 Å². The Morgan fingerprint density at radius 3 is 2.39 bits per heavy atom. The molecule has 1 aliphatic heterocycles. The molecule has 2 aromatic carbocycles. The fraction of sp³-hybridized carbons (Fsp3) is 0.333. The fourth-order valence-electron chi connectivity index (χ4n) is 4.28. The summed E-state index contributed by atoms with van der Waals surface area (Å²) in [4.78, 5) is 36.8. The number of aryl methyl sites for hydroxylation is 2. The van der Waals surface area contributed by atoms with Crippen LogP contribution in [0.2, 0.25) is 0 Å². The van der Waals surface area contributed by atoms with Gasteiger partial charge in [-0.05, 0) is 43.7 Å². The molecule has 1 atom stereocenters. The van der Waals surface area contributed by atoms with Gasteiger partial charge in [-0.15, -0.1) is 0 Å². The van der Waals surface area contributed by atoms with Crippen molar-refractivity contribution in [2.75, 3.05) is 6.54 Å². The predicted molar refractivity (Wildman–Crippen MR) is 127 cm³/mol. The molecule has 2 heterocycles. The molecule has 1 unspecified atom stereocenters. The SMILES string of the molecule is Cc1nc(C2CCCCN2C(=O)CCc2ccccc2)ncc1C(=O)NCc1ccccc1. The van der Waals surface area contributed by atoms with Gasteiger partial charge in [0.25, 0.3) is 5.91 Å². The first-order chi connectivity index (χ1) is 16.1. The van der Waals surface area contributed by atoms with Crippen molar-refractivity contribution >= 4 is 11.8 Å². The molecule has 170 valence electrons. The summed E-state index contributed by atoms with van der Waals surface area (Å²) in [7, 11) is 0. The van der Waals surface area contributed by atoms with Crippen LogP contribution in [0.1, 0.15) is 64.7 Å². The summed E-state index contributed by atoms with van der Waals surface area (Å²) in [5.41, 5.74) is 3.30. The summed E-state index contributed by atoms with van der Waals surface area (Å²) in [6.07, 6.45) is 5.67. The summed E-state index contributed by atoms with van der Waals surface area (Å²) in [6.45, 7) is 3.00. The zero-order chi connectivity index (χ0) is 23.0. The van der Waals surface area contributed by atoms with Gasteiger partial charge in [0.15, 0.2) is 5.82 Å². The molecule has 1 aliphatic rings. The third-order valence-corrected chi connectivity index (χ3v) is 6.13. The summed E-state index contributed by atoms with van der Waals surface area (Å²) in [6, 6.07) is 19.7. The van der Waals surface area contributed by atoms with E-state index in [1.807, 2.05) is 60.4 Å². The smallest absolute Gasteiger partial charge is 0.254 e. The van der Waals surface area contributed by atoms with Gasteiger partial charge in [-0.25, -0.2) is 9.97 Å². The molecule has 1 fully saturated rings. The van der Waals surface area contributed by atoms with Crippen LogP contribution in [0.15, 0.2) is 66.9 Å². The molecular weight excluding hydrogens is 412 g/mol. The van der Waals surface area contributed by atoms with E-state index in [9.17, 15) is 9.59 Å². The maximum atomic E-state index is 13.0. The Balaban J connectivity index is 1.42. The number of hydrogen-bond acceptors (Lipinski definition) is 4. The Labute approximate surface area is 195 Å². The Morgan fingerprint density at radius 1 is 1.00 bits per heavy atom. The summed E-state index contributed by atoms with van der Waals surface area (Å²) in [5.74, 6) is 0.566. The lowest BCUT2D eigenvalue weighted by atomic mass is 9.99. The van der Waals surface area contributed by atoms with E-state index in [0.29, 0.717) is 30.0 Å². The molecule has 6 heteroatoms. The number of nitrogens with zero attached hydrogens (tertiary/aromatic N) is 3. The number of likely N-dealkylation sites (tertiary alicyclic amines) is 1. The van der Waals surface area contributed by atoms with E-state index in [0.717, 1.165) is 43.4 Å². The third kappa shape index (κ3) is 5.83. The van der Waals surface area contributed by atoms with Gasteiger partial charge in [0, 0.05) is 25.7 Å². The van der Waals surface area contributed by atoms with Crippen LogP contribution < -0.4 is 5.32 Å². The number of rotatable bonds is 7. The lowest BCUT2D eigenvalue weighted by Gasteiger charge is -2.35. The minimum atomic E-state index is -0.192. The molecule has 0 aliphatic carbocycles. The number of benzene rings is 2. The number of carbonyl (C=O) groups is 2. The highest BCUT2D eigenvalue weighted by molar-refractivity contribution is 5.94. The number of carbonyl (C=O) groups excluding carboxylic acids is 2. The molecule has 0 spiro atoms. The maximum Gasteiger partial charge on any atom is 0.254 e. The monoisotopic (exact) mass is 442 g/mol. The minimum Gasteiger partial charge on any atom is -0.348 e. The first kappa shape index (κ1) is 22.6. The molecule has 33 heavy (non-hydrogen) atoms. The van der Waals surface area contributed by atoms with Crippen molar-refractivity contribution in [1.82, 2.24) is 20.2 Å². The molecule has 1 saturated heterocycles. The lowest BCUT2D eigenvalue weighted by Crippen LogP contribution is -2.39. The first-order valence-corrected chi connectivity index (χ1v) is 11.6. The van der Waals surface area contributed by atoms with E-state index in [4.69, 9.17) is 0 Å². The lowest BCUT2D eigenvalue weighted by molar-refractivity contribution is -0.135. The van der Waals surface area contributed by atoms with Gasteiger partial charge in [-0.3, -0.25) is 9.59 Å². The van der Waals surface area contributed by atoms with Crippen molar-refractivity contribution in [2.24, 2.45) is 0 Å². The predicted octanol–water partition coefficient (Wildman–Crippen LogP) is 4.40. The standard InChI is InChI=1S/C27H30N4O2/c1-20-23(27(33)29-18-22-12-6-3-7-13-22)19-28-26(30-20)24-14-8-9-17-31(24)25(32)16-15-21-10-4-2-5-11-21/h2-7,10-13,19,24H,8-9,14-18H2,1H3,(H,29,33). The van der Waals surface area contributed by atoms with E-state index in [2.05, 4.69) is 27.4 Å². The molecule has 3 aromatic rings. The zero-order valence-corrected chi connectivity index (χ0v) is 19.0. The number of aromatic nitrogens is 2. The number of piperidine rings is 1. The highest BCUT2D eigenvalue weighted by Gasteiger charge is 2.30. The Hall–Kier alpha value is -3.54. The van der Waals surface area contributed by atoms with Crippen molar-refractivity contribution in [3.63, 3.8) is 0 Å². The second-order valence-electron chi connectivity index (χ2n) is 8.48. The summed E-state index contributed by atoms with van der Waals surface area (Å²) >= 11 is 0. The van der Waals surface area contributed by atoms with Crippen molar-refractivity contribution in [3.05, 3.63) is 95.1 Å². The van der Waals surface area contributed by atoms with Gasteiger partial charge in [0.05, 0.1) is 17.3 Å². The van der Waals surface area contributed by atoms with Crippen molar-refractivity contribution in [1.29, 1.82) is 0 Å². The highest BCUT2D eigenvalue weighted by atomic mass is 16.2. The molecule has 0 saturated carbocycles. The number of nitrogens with one attached hydrogen (secondary N) is 1. The minimum absolute atomic E-state index is 0.134. The average molecular weight is 443 g/mol. The van der Waals surface area contributed by atoms with Gasteiger partial charge < -0.3 is 10.2 Å². The van der Waals surface area contributed by atoms with E-state index >= 15 is 0 Å². The Kier molecular flexibility index (Phi) is 7.45. The molecular formula is C27H30N4O2. The largest absolute Gasteiger partial charge is 0.348 e. The zero-order valence-electron chi connectivity index (χ0n) is 19.0. The van der Waals surface area contributed by atoms with Gasteiger partial charge in [-0.1, -0.05) is 60.7 Å². The van der Waals surface area contributed by atoms with Crippen LogP contribution in [0, 0.1) is 6.92 Å². The average Bonchev–Trinajstić information content (AvgIpc) is 2.87. The van der Waals surface area contributed by atoms with Gasteiger partial charge in [0.2, 0.25) is 5.91 Å². The topological polar surface area (TPSA) is 75.2 Å². The molecule has 1 aromatic heterocycles. The second-order valence-corrected chi connectivity index (χ2v) is 8.48. The van der Waals surface area contributed by atoms with E-state index < -0.39 is 0 Å². The fourth-order valence-corrected chi connectivity index (χ4v) is 4.28. The van der Waals surface area contributed by atoms with Crippen LogP contribution in [0.25, 0.3) is 0 Å². The molecule has 0 bridgehead atoms. The third-order valence-electron chi connectivity index (χ3n) is 6.13. The first-order valence-electron chi connectivity index (χ1n) is 11.6. The molecule has 6 nitrogen and oxygen atoms in total. The highest BCUT2D eigenvalue weighted by Crippen LogP contribution is 2.30. The van der Waals surface area contributed by atoms with Gasteiger partial charge >= 0.3 is 0 Å². The van der Waals surface area contributed by atoms with E-state index in [1.54, 1.807) is 6.20 Å². The van der Waals surface area contributed by atoms with Crippen LogP contribution in [-0.4, -0.2) is 33.2 Å². The van der Waals surface area contributed by atoms with Crippen LogP contribution in [0.4, 0.5) is 0 Å². The molecule has 1 N–H and O–H groups in total. The van der Waals surface area contributed by atoms with Crippen LogP contribution in [0.3, 0.4) is 0 Å². The molecule has 4 rings (SSSR count). The van der Waals surface area contributed by atoms with Crippen LogP contribution >= 0.6 is 0 Å². The van der Waals surface area contributed by atoms with Gasteiger partial charge in [0.1, 0.15) is 0 Å². The van der Waals surface area contributed by atoms with Crippen molar-refractivity contribution in [2.45, 2.75) is 51.6 Å². The van der Waals surface area contributed by atoms with Crippen molar-refractivity contribution < 1.29 is 9.59 Å². The van der Waals surface area contributed by atoms with E-state index in [-0.39, 0.29) is 17.9 Å². The van der Waals surface area contributed by atoms with Crippen LogP contribution in [0.5, 0.6) is 0 Å². The normalized spacial score (nSPS) is 15.8. The van der Waals surface area contributed by atoms with Gasteiger partial charge in [-0.2, -0.15) is 0 Å². The van der Waals surface area contributed by atoms with Crippen molar-refractivity contribution in [3.8, 4) is 0 Å². The maximum absolute atomic E-state index is 13.0. The Bertz CT molecular complexity index is 1090. The molecule has 0 radical (unpaired) electrons. The second kappa shape index (κ2) is 10.9.